The Bertz CT molecular complexity index is 630. The fourth-order valence-electron chi connectivity index (χ4n) is 1.87. The molecule has 0 fully saturated rings. The van der Waals surface area contributed by atoms with Crippen LogP contribution in [-0.4, -0.2) is 15.2 Å². The first-order valence-electron chi connectivity index (χ1n) is 4.64. The topological polar surface area (TPSA) is 60.9 Å². The molecule has 2 heterocycles. The van der Waals surface area contributed by atoms with Crippen LogP contribution < -0.4 is 5.48 Å². The van der Waals surface area contributed by atoms with Crippen molar-refractivity contribution in [1.29, 1.82) is 0 Å². The normalized spacial score (nSPS) is 11.0. The van der Waals surface area contributed by atoms with Crippen molar-refractivity contribution in [3.63, 3.8) is 0 Å². The third kappa shape index (κ3) is 1.08. The lowest BCUT2D eigenvalue weighted by atomic mass is 10.2. The van der Waals surface area contributed by atoms with Crippen LogP contribution in [0.3, 0.4) is 0 Å². The van der Waals surface area contributed by atoms with Gasteiger partial charge >= 0.3 is 0 Å². The van der Waals surface area contributed by atoms with Crippen LogP contribution in [0.4, 0.5) is 5.69 Å². The van der Waals surface area contributed by atoms with Crippen LogP contribution in [0.5, 0.6) is 0 Å². The summed E-state index contributed by atoms with van der Waals surface area (Å²) in [6.45, 7) is 0. The number of benzene rings is 1. The molecule has 3 aromatic rings. The molecule has 1 aromatic carbocycles. The summed E-state index contributed by atoms with van der Waals surface area (Å²) >= 11 is 0. The van der Waals surface area contributed by atoms with Crippen molar-refractivity contribution in [2.75, 3.05) is 5.48 Å². The molecule has 0 bridgehead atoms. The van der Waals surface area contributed by atoms with E-state index in [0.717, 1.165) is 21.8 Å². The van der Waals surface area contributed by atoms with E-state index in [1.165, 1.54) is 0 Å². The minimum Gasteiger partial charge on any atom is -0.351 e. The molecule has 0 spiro atoms. The van der Waals surface area contributed by atoms with Gasteiger partial charge < -0.3 is 4.98 Å². The van der Waals surface area contributed by atoms with Gasteiger partial charge in [-0.1, -0.05) is 12.1 Å². The van der Waals surface area contributed by atoms with Crippen LogP contribution in [0.25, 0.3) is 21.8 Å². The van der Waals surface area contributed by atoms with Gasteiger partial charge in [-0.3, -0.25) is 15.7 Å². The summed E-state index contributed by atoms with van der Waals surface area (Å²) in [5.41, 5.74) is 4.71. The smallest absolute Gasteiger partial charge is 0.0843 e. The Hall–Kier alpha value is -2.07. The molecule has 0 unspecified atom stereocenters. The Morgan fingerprint density at radius 1 is 1.20 bits per heavy atom. The summed E-state index contributed by atoms with van der Waals surface area (Å²) in [4.78, 5) is 7.26. The zero-order valence-corrected chi connectivity index (χ0v) is 7.86. The highest BCUT2D eigenvalue weighted by Gasteiger charge is 2.06. The molecule has 0 radical (unpaired) electrons. The first-order valence-corrected chi connectivity index (χ1v) is 4.64. The number of rotatable bonds is 1. The van der Waals surface area contributed by atoms with Gasteiger partial charge in [0.1, 0.15) is 0 Å². The second-order valence-corrected chi connectivity index (χ2v) is 3.39. The van der Waals surface area contributed by atoms with E-state index >= 15 is 0 Å². The van der Waals surface area contributed by atoms with Gasteiger partial charge in [0.2, 0.25) is 0 Å². The SMILES string of the molecule is ONc1cccc2c1[nH]c1cnccc12. The molecular weight excluding hydrogens is 190 g/mol. The van der Waals surface area contributed by atoms with Gasteiger partial charge in [-0.15, -0.1) is 0 Å². The molecule has 0 aliphatic rings. The van der Waals surface area contributed by atoms with Crippen molar-refractivity contribution in [3.8, 4) is 0 Å². The molecule has 15 heavy (non-hydrogen) atoms. The number of para-hydroxylation sites is 1. The molecule has 0 aliphatic heterocycles. The number of H-pyrrole nitrogens is 1. The predicted octanol–water partition coefficient (Wildman–Crippen LogP) is 2.52. The molecule has 0 saturated heterocycles. The highest BCUT2D eigenvalue weighted by Crippen LogP contribution is 2.29. The molecule has 3 N–H and O–H groups in total. The number of pyridine rings is 1. The standard InChI is InChI=1S/C11H9N3O/c15-14-9-3-1-2-8-7-4-5-12-6-10(7)13-11(8)9/h1-6,13-15H. The first-order chi connectivity index (χ1) is 7.40. The molecule has 0 saturated carbocycles. The van der Waals surface area contributed by atoms with E-state index in [-0.39, 0.29) is 0 Å². The van der Waals surface area contributed by atoms with Gasteiger partial charge in [-0.05, 0) is 12.1 Å². The maximum absolute atomic E-state index is 8.98. The fourth-order valence-corrected chi connectivity index (χ4v) is 1.87. The van der Waals surface area contributed by atoms with Crippen molar-refractivity contribution >= 4 is 27.5 Å². The van der Waals surface area contributed by atoms with E-state index in [4.69, 9.17) is 5.21 Å². The molecular formula is C11H9N3O. The number of nitrogens with one attached hydrogen (secondary N) is 2. The van der Waals surface area contributed by atoms with Gasteiger partial charge in [0, 0.05) is 17.0 Å². The van der Waals surface area contributed by atoms with Crippen molar-refractivity contribution in [1.82, 2.24) is 9.97 Å². The molecule has 4 heteroatoms. The Kier molecular flexibility index (Phi) is 1.63. The van der Waals surface area contributed by atoms with Gasteiger partial charge in [-0.25, -0.2) is 0 Å². The molecule has 0 amide bonds. The maximum atomic E-state index is 8.98. The first kappa shape index (κ1) is 8.26. The third-order valence-electron chi connectivity index (χ3n) is 2.56. The maximum Gasteiger partial charge on any atom is 0.0843 e. The lowest BCUT2D eigenvalue weighted by Gasteiger charge is -1.99. The van der Waals surface area contributed by atoms with Gasteiger partial charge in [0.25, 0.3) is 0 Å². The summed E-state index contributed by atoms with van der Waals surface area (Å²) < 4.78 is 0. The van der Waals surface area contributed by atoms with E-state index < -0.39 is 0 Å². The minimum atomic E-state index is 0.670. The number of aromatic nitrogens is 2. The van der Waals surface area contributed by atoms with Crippen molar-refractivity contribution in [3.05, 3.63) is 36.7 Å². The fraction of sp³-hybridized carbons (Fsp3) is 0. The average molecular weight is 199 g/mol. The summed E-state index contributed by atoms with van der Waals surface area (Å²) in [5.74, 6) is 0. The lowest BCUT2D eigenvalue weighted by molar-refractivity contribution is 0.389. The quantitative estimate of drug-likeness (QED) is 0.528. The number of hydrogen-bond acceptors (Lipinski definition) is 3. The van der Waals surface area contributed by atoms with Gasteiger partial charge in [0.05, 0.1) is 22.9 Å². The molecule has 2 aromatic heterocycles. The summed E-state index contributed by atoms with van der Waals surface area (Å²) in [6.07, 6.45) is 3.53. The second kappa shape index (κ2) is 2.96. The monoisotopic (exact) mass is 199 g/mol. The van der Waals surface area contributed by atoms with Crippen LogP contribution in [-0.2, 0) is 0 Å². The zero-order chi connectivity index (χ0) is 10.3. The Morgan fingerprint density at radius 2 is 2.13 bits per heavy atom. The Balaban J connectivity index is 2.53. The van der Waals surface area contributed by atoms with Crippen molar-refractivity contribution in [2.24, 2.45) is 0 Å². The van der Waals surface area contributed by atoms with Crippen LogP contribution in [0.1, 0.15) is 0 Å². The number of aromatic amines is 1. The molecule has 74 valence electrons. The van der Waals surface area contributed by atoms with E-state index in [9.17, 15) is 0 Å². The highest BCUT2D eigenvalue weighted by molar-refractivity contribution is 6.10. The number of anilines is 1. The van der Waals surface area contributed by atoms with E-state index in [0.29, 0.717) is 5.69 Å². The van der Waals surface area contributed by atoms with Crippen LogP contribution in [0, 0.1) is 0 Å². The van der Waals surface area contributed by atoms with Crippen molar-refractivity contribution < 1.29 is 5.21 Å². The van der Waals surface area contributed by atoms with E-state index in [1.807, 2.05) is 24.3 Å². The van der Waals surface area contributed by atoms with E-state index in [1.54, 1.807) is 12.4 Å². The molecule has 3 rings (SSSR count). The third-order valence-corrected chi connectivity index (χ3v) is 2.56. The van der Waals surface area contributed by atoms with Crippen LogP contribution in [0.15, 0.2) is 36.7 Å². The second-order valence-electron chi connectivity index (χ2n) is 3.39. The number of nitrogens with zero attached hydrogens (tertiary/aromatic N) is 1. The number of fused-ring (bicyclic) bond motifs is 3. The van der Waals surface area contributed by atoms with Crippen molar-refractivity contribution in [2.45, 2.75) is 0 Å². The summed E-state index contributed by atoms with van der Waals surface area (Å²) in [7, 11) is 0. The van der Waals surface area contributed by atoms with Gasteiger partial charge in [-0.2, -0.15) is 0 Å². The largest absolute Gasteiger partial charge is 0.351 e. The Labute approximate surface area is 85.5 Å². The molecule has 0 aliphatic carbocycles. The van der Waals surface area contributed by atoms with E-state index in [2.05, 4.69) is 15.4 Å². The highest BCUT2D eigenvalue weighted by atomic mass is 16.5. The molecule has 4 nitrogen and oxygen atoms in total. The number of hydrogen-bond donors (Lipinski definition) is 3. The summed E-state index contributed by atoms with van der Waals surface area (Å²) in [6, 6.07) is 7.67. The van der Waals surface area contributed by atoms with Crippen LogP contribution in [0.2, 0.25) is 0 Å². The molecule has 0 atom stereocenters. The minimum absolute atomic E-state index is 0.670. The predicted molar refractivity (Wildman–Crippen MR) is 59.0 cm³/mol. The van der Waals surface area contributed by atoms with Crippen LogP contribution >= 0.6 is 0 Å². The van der Waals surface area contributed by atoms with Gasteiger partial charge in [0.15, 0.2) is 0 Å². The Morgan fingerprint density at radius 3 is 3.00 bits per heavy atom. The average Bonchev–Trinajstić information content (AvgIpc) is 2.67. The summed E-state index contributed by atoms with van der Waals surface area (Å²) in [5, 5.41) is 11.2. The lowest BCUT2D eigenvalue weighted by Crippen LogP contribution is -1.89. The zero-order valence-electron chi connectivity index (χ0n) is 7.86.